The van der Waals surface area contributed by atoms with Crippen molar-refractivity contribution in [2.24, 2.45) is 0 Å². The summed E-state index contributed by atoms with van der Waals surface area (Å²) in [6, 6.07) is 10.2. The minimum atomic E-state index is -0.411. The number of hydrogen-bond donors (Lipinski definition) is 0. The van der Waals surface area contributed by atoms with E-state index in [-0.39, 0.29) is 5.75 Å². The van der Waals surface area contributed by atoms with Gasteiger partial charge in [0.15, 0.2) is 11.6 Å². The normalized spacial score (nSPS) is 11.0. The van der Waals surface area contributed by atoms with Crippen LogP contribution in [0.3, 0.4) is 0 Å². The molecule has 5 nitrogen and oxygen atoms in total. The van der Waals surface area contributed by atoms with Crippen molar-refractivity contribution in [3.05, 3.63) is 71.5 Å². The van der Waals surface area contributed by atoms with Gasteiger partial charge in [-0.05, 0) is 36.4 Å². The molecular formula is C19H14ClFN4O. The van der Waals surface area contributed by atoms with Gasteiger partial charge in [-0.25, -0.2) is 4.39 Å². The van der Waals surface area contributed by atoms with Gasteiger partial charge in [0, 0.05) is 16.0 Å². The Labute approximate surface area is 154 Å². The molecule has 2 heterocycles. The lowest BCUT2D eigenvalue weighted by Gasteiger charge is -2.07. The molecule has 0 unspecified atom stereocenters. The number of halogens is 2. The molecule has 0 saturated heterocycles. The van der Waals surface area contributed by atoms with Crippen LogP contribution in [0.15, 0.2) is 55.0 Å². The Hall–Kier alpha value is -2.99. The molecule has 0 radical (unpaired) electrons. The lowest BCUT2D eigenvalue weighted by atomic mass is 10.1. The van der Waals surface area contributed by atoms with E-state index in [9.17, 15) is 4.39 Å². The van der Waals surface area contributed by atoms with E-state index in [0.29, 0.717) is 17.3 Å². The van der Waals surface area contributed by atoms with Crippen molar-refractivity contribution in [2.75, 3.05) is 7.11 Å². The third-order valence-electron chi connectivity index (χ3n) is 4.07. The topological polar surface area (TPSA) is 52.8 Å². The molecule has 4 rings (SSSR count). The second-order valence-electron chi connectivity index (χ2n) is 5.75. The maximum Gasteiger partial charge on any atom is 0.165 e. The molecule has 130 valence electrons. The zero-order chi connectivity index (χ0) is 18.1. The van der Waals surface area contributed by atoms with Crippen molar-refractivity contribution in [1.82, 2.24) is 19.7 Å². The SMILES string of the molecule is COc1cc(-c2cnc(Cn3ncc4cc(Cl)ccc43)cn2)ccc1F. The van der Waals surface area contributed by atoms with Crippen LogP contribution >= 0.6 is 11.6 Å². The van der Waals surface area contributed by atoms with Crippen molar-refractivity contribution < 1.29 is 9.13 Å². The standard InChI is InChI=1S/C19H14ClFN4O/c1-26-19-7-12(2-4-16(19)21)17-10-22-15(9-23-17)11-25-18-5-3-14(20)6-13(18)8-24-25/h2-10H,11H2,1H3. The average molecular weight is 369 g/mol. The molecule has 0 fully saturated rings. The van der Waals surface area contributed by atoms with Gasteiger partial charge in [0.05, 0.1) is 49.1 Å². The zero-order valence-electron chi connectivity index (χ0n) is 13.9. The van der Waals surface area contributed by atoms with Crippen molar-refractivity contribution in [2.45, 2.75) is 6.54 Å². The molecule has 2 aromatic carbocycles. The minimum absolute atomic E-state index is 0.176. The van der Waals surface area contributed by atoms with Crippen LogP contribution in [0.25, 0.3) is 22.2 Å². The molecule has 0 aliphatic carbocycles. The molecule has 26 heavy (non-hydrogen) atoms. The Balaban J connectivity index is 1.59. The van der Waals surface area contributed by atoms with Crippen LogP contribution in [-0.2, 0) is 6.54 Å². The van der Waals surface area contributed by atoms with Crippen LogP contribution in [0, 0.1) is 5.82 Å². The summed E-state index contributed by atoms with van der Waals surface area (Å²) >= 11 is 6.00. The lowest BCUT2D eigenvalue weighted by molar-refractivity contribution is 0.387. The fraction of sp³-hybridized carbons (Fsp3) is 0.105. The molecule has 0 spiro atoms. The fourth-order valence-corrected chi connectivity index (χ4v) is 2.92. The van der Waals surface area contributed by atoms with E-state index in [1.54, 1.807) is 30.7 Å². The van der Waals surface area contributed by atoms with Gasteiger partial charge in [0.2, 0.25) is 0 Å². The number of fused-ring (bicyclic) bond motifs is 1. The smallest absolute Gasteiger partial charge is 0.165 e. The monoisotopic (exact) mass is 368 g/mol. The number of aromatic nitrogens is 4. The van der Waals surface area contributed by atoms with Gasteiger partial charge >= 0.3 is 0 Å². The van der Waals surface area contributed by atoms with Gasteiger partial charge in [-0.1, -0.05) is 11.6 Å². The summed E-state index contributed by atoms with van der Waals surface area (Å²) in [5.74, 6) is -0.235. The molecular weight excluding hydrogens is 355 g/mol. The second kappa shape index (κ2) is 6.72. The first-order chi connectivity index (χ1) is 12.6. The molecule has 0 atom stereocenters. The van der Waals surface area contributed by atoms with E-state index < -0.39 is 5.82 Å². The van der Waals surface area contributed by atoms with E-state index in [4.69, 9.17) is 16.3 Å². The summed E-state index contributed by atoms with van der Waals surface area (Å²) in [6.45, 7) is 0.491. The maximum absolute atomic E-state index is 13.5. The summed E-state index contributed by atoms with van der Waals surface area (Å²) in [5, 5.41) is 6.03. The van der Waals surface area contributed by atoms with Gasteiger partial charge in [-0.2, -0.15) is 5.10 Å². The van der Waals surface area contributed by atoms with Gasteiger partial charge in [0.1, 0.15) is 0 Å². The first-order valence-corrected chi connectivity index (χ1v) is 8.28. The Morgan fingerprint density at radius 1 is 1.08 bits per heavy atom. The minimum Gasteiger partial charge on any atom is -0.494 e. The van der Waals surface area contributed by atoms with E-state index in [1.165, 1.54) is 13.2 Å². The van der Waals surface area contributed by atoms with Crippen LogP contribution < -0.4 is 4.74 Å². The molecule has 0 N–H and O–H groups in total. The third-order valence-corrected chi connectivity index (χ3v) is 4.30. The van der Waals surface area contributed by atoms with E-state index >= 15 is 0 Å². The Morgan fingerprint density at radius 2 is 1.96 bits per heavy atom. The predicted octanol–water partition coefficient (Wildman–Crippen LogP) is 4.34. The number of benzene rings is 2. The summed E-state index contributed by atoms with van der Waals surface area (Å²) in [7, 11) is 1.43. The largest absolute Gasteiger partial charge is 0.494 e. The highest BCUT2D eigenvalue weighted by Gasteiger charge is 2.08. The lowest BCUT2D eigenvalue weighted by Crippen LogP contribution is -2.04. The highest BCUT2D eigenvalue weighted by atomic mass is 35.5. The molecule has 0 bridgehead atoms. The first kappa shape index (κ1) is 16.5. The average Bonchev–Trinajstić information content (AvgIpc) is 3.04. The Morgan fingerprint density at radius 3 is 2.73 bits per heavy atom. The molecule has 4 aromatic rings. The predicted molar refractivity (Wildman–Crippen MR) is 97.8 cm³/mol. The second-order valence-corrected chi connectivity index (χ2v) is 6.18. The van der Waals surface area contributed by atoms with E-state index in [1.807, 2.05) is 22.9 Å². The molecule has 2 aromatic heterocycles. The van der Waals surface area contributed by atoms with Crippen LogP contribution in [0.4, 0.5) is 4.39 Å². The maximum atomic E-state index is 13.5. The van der Waals surface area contributed by atoms with E-state index in [0.717, 1.165) is 22.2 Å². The zero-order valence-corrected chi connectivity index (χ0v) is 14.6. The number of nitrogens with zero attached hydrogens (tertiary/aromatic N) is 4. The van der Waals surface area contributed by atoms with Gasteiger partial charge < -0.3 is 4.74 Å². The fourth-order valence-electron chi connectivity index (χ4n) is 2.74. The number of methoxy groups -OCH3 is 1. The van der Waals surface area contributed by atoms with Crippen molar-refractivity contribution in [3.8, 4) is 17.0 Å². The first-order valence-electron chi connectivity index (χ1n) is 7.90. The highest BCUT2D eigenvalue weighted by Crippen LogP contribution is 2.25. The molecule has 0 amide bonds. The number of rotatable bonds is 4. The van der Waals surface area contributed by atoms with Gasteiger partial charge in [0.25, 0.3) is 0 Å². The van der Waals surface area contributed by atoms with Crippen molar-refractivity contribution >= 4 is 22.5 Å². The third kappa shape index (κ3) is 3.11. The summed E-state index contributed by atoms with van der Waals surface area (Å²) in [4.78, 5) is 8.87. The summed E-state index contributed by atoms with van der Waals surface area (Å²) < 4.78 is 20.4. The molecule has 7 heteroatoms. The van der Waals surface area contributed by atoms with Crippen molar-refractivity contribution in [1.29, 1.82) is 0 Å². The van der Waals surface area contributed by atoms with Crippen LogP contribution in [-0.4, -0.2) is 26.9 Å². The summed E-state index contributed by atoms with van der Waals surface area (Å²) in [6.07, 6.45) is 5.12. The highest BCUT2D eigenvalue weighted by molar-refractivity contribution is 6.31. The number of ether oxygens (including phenoxy) is 1. The quantitative estimate of drug-likeness (QED) is 0.537. The molecule has 0 aliphatic rings. The van der Waals surface area contributed by atoms with E-state index in [2.05, 4.69) is 15.1 Å². The Bertz CT molecular complexity index is 1080. The molecule has 0 aliphatic heterocycles. The van der Waals surface area contributed by atoms with Crippen LogP contribution in [0.5, 0.6) is 5.75 Å². The van der Waals surface area contributed by atoms with Crippen LogP contribution in [0.2, 0.25) is 5.02 Å². The number of hydrogen-bond acceptors (Lipinski definition) is 4. The molecule has 0 saturated carbocycles. The Kier molecular flexibility index (Phi) is 4.26. The van der Waals surface area contributed by atoms with Crippen molar-refractivity contribution in [3.63, 3.8) is 0 Å². The van der Waals surface area contributed by atoms with Gasteiger partial charge in [-0.15, -0.1) is 0 Å². The van der Waals surface area contributed by atoms with Gasteiger partial charge in [-0.3, -0.25) is 14.6 Å². The summed E-state index contributed by atoms with van der Waals surface area (Å²) in [5.41, 5.74) is 3.12. The van der Waals surface area contributed by atoms with Crippen LogP contribution in [0.1, 0.15) is 5.69 Å².